The second-order valence-electron chi connectivity index (χ2n) is 4.98. The smallest absolute Gasteiger partial charge is 0.327 e. The molecule has 1 aliphatic heterocycles. The van der Waals surface area contributed by atoms with Crippen molar-refractivity contribution in [2.24, 2.45) is 0 Å². The summed E-state index contributed by atoms with van der Waals surface area (Å²) in [5, 5.41) is 18.6. The van der Waals surface area contributed by atoms with Gasteiger partial charge in [-0.15, -0.1) is 0 Å². The molecule has 0 aromatic heterocycles. The van der Waals surface area contributed by atoms with Crippen LogP contribution >= 0.6 is 0 Å². The van der Waals surface area contributed by atoms with Crippen LogP contribution < -0.4 is 4.31 Å². The second-order valence-corrected chi connectivity index (χ2v) is 6.80. The van der Waals surface area contributed by atoms with Gasteiger partial charge in [-0.1, -0.05) is 18.2 Å². The lowest BCUT2D eigenvalue weighted by Gasteiger charge is -2.24. The van der Waals surface area contributed by atoms with Crippen molar-refractivity contribution in [1.29, 1.82) is 0 Å². The number of benzene rings is 2. The van der Waals surface area contributed by atoms with E-state index in [2.05, 4.69) is 0 Å². The summed E-state index contributed by atoms with van der Waals surface area (Å²) in [6, 6.07) is 10.6. The molecule has 0 unspecified atom stereocenters. The number of aromatic hydroxyl groups is 1. The predicted octanol–water partition coefficient (Wildman–Crippen LogP) is 1.60. The van der Waals surface area contributed by atoms with Gasteiger partial charge in [0.2, 0.25) is 0 Å². The van der Waals surface area contributed by atoms with Crippen LogP contribution in [0.5, 0.6) is 5.75 Å². The Bertz CT molecular complexity index is 829. The number of hydrogen-bond acceptors (Lipinski definition) is 4. The minimum absolute atomic E-state index is 0.0597. The Hall–Kier alpha value is -2.54. The van der Waals surface area contributed by atoms with Crippen molar-refractivity contribution in [1.82, 2.24) is 0 Å². The first kappa shape index (κ1) is 14.4. The Kier molecular flexibility index (Phi) is 3.29. The van der Waals surface area contributed by atoms with Gasteiger partial charge in [-0.05, 0) is 35.9 Å². The van der Waals surface area contributed by atoms with E-state index in [9.17, 15) is 23.4 Å². The van der Waals surface area contributed by atoms with Crippen LogP contribution in [-0.2, 0) is 21.2 Å². The zero-order chi connectivity index (χ0) is 15.9. The van der Waals surface area contributed by atoms with Gasteiger partial charge in [0, 0.05) is 6.42 Å². The van der Waals surface area contributed by atoms with Crippen molar-refractivity contribution in [2.75, 3.05) is 4.31 Å². The third-order valence-electron chi connectivity index (χ3n) is 3.60. The maximum atomic E-state index is 12.8. The number of phenols is 1. The highest BCUT2D eigenvalue weighted by atomic mass is 32.2. The fraction of sp³-hybridized carbons (Fsp3) is 0.133. The Morgan fingerprint density at radius 1 is 1.09 bits per heavy atom. The first-order chi connectivity index (χ1) is 10.4. The lowest BCUT2D eigenvalue weighted by Crippen LogP contribution is -2.42. The lowest BCUT2D eigenvalue weighted by atomic mass is 10.1. The zero-order valence-corrected chi connectivity index (χ0v) is 12.2. The molecule has 2 aromatic rings. The number of fused-ring (bicyclic) bond motifs is 1. The molecule has 1 atom stereocenters. The van der Waals surface area contributed by atoms with Crippen molar-refractivity contribution in [3.05, 3.63) is 54.1 Å². The van der Waals surface area contributed by atoms with Crippen LogP contribution in [0.25, 0.3) is 0 Å². The van der Waals surface area contributed by atoms with Crippen LogP contribution in [0.1, 0.15) is 5.56 Å². The quantitative estimate of drug-likeness (QED) is 0.896. The number of carboxylic acids is 1. The van der Waals surface area contributed by atoms with E-state index in [1.54, 1.807) is 24.3 Å². The fourth-order valence-corrected chi connectivity index (χ4v) is 4.22. The van der Waals surface area contributed by atoms with Gasteiger partial charge in [-0.3, -0.25) is 4.31 Å². The highest BCUT2D eigenvalue weighted by Gasteiger charge is 2.42. The summed E-state index contributed by atoms with van der Waals surface area (Å²) in [4.78, 5) is 11.4. The molecule has 22 heavy (non-hydrogen) atoms. The average molecular weight is 319 g/mol. The molecule has 3 rings (SSSR count). The summed E-state index contributed by atoms with van der Waals surface area (Å²) in [6.07, 6.45) is 0.128. The molecule has 0 bridgehead atoms. The zero-order valence-electron chi connectivity index (χ0n) is 11.4. The molecule has 1 aliphatic rings. The van der Waals surface area contributed by atoms with Gasteiger partial charge in [-0.25, -0.2) is 13.2 Å². The summed E-state index contributed by atoms with van der Waals surface area (Å²) in [5.74, 6) is -1.26. The molecule has 0 saturated carbocycles. The number of sulfonamides is 1. The van der Waals surface area contributed by atoms with E-state index in [-0.39, 0.29) is 17.1 Å². The summed E-state index contributed by atoms with van der Waals surface area (Å²) in [7, 11) is -4.02. The molecule has 0 spiro atoms. The highest BCUT2D eigenvalue weighted by Crippen LogP contribution is 2.36. The normalized spacial score (nSPS) is 17.3. The van der Waals surface area contributed by atoms with Crippen LogP contribution in [0, 0.1) is 0 Å². The van der Waals surface area contributed by atoms with E-state index in [0.717, 1.165) is 4.31 Å². The van der Waals surface area contributed by atoms with Crippen molar-refractivity contribution in [3.8, 4) is 5.75 Å². The lowest BCUT2D eigenvalue weighted by molar-refractivity contribution is -0.138. The van der Waals surface area contributed by atoms with E-state index in [1.165, 1.54) is 24.3 Å². The monoisotopic (exact) mass is 319 g/mol. The standard InChI is InChI=1S/C15H13NO5S/c17-11-5-7-12(8-6-11)22(20,21)16-13-4-2-1-3-10(13)9-14(16)15(18)19/h1-8,14,17H,9H2,(H,18,19)/t14-/m1/s1. The molecule has 2 N–H and O–H groups in total. The summed E-state index contributed by atoms with van der Waals surface area (Å²) in [5.41, 5.74) is 1.06. The van der Waals surface area contributed by atoms with E-state index in [1.807, 2.05) is 0 Å². The number of carbonyl (C=O) groups is 1. The molecule has 0 saturated heterocycles. The topological polar surface area (TPSA) is 94.9 Å². The van der Waals surface area contributed by atoms with Gasteiger partial charge >= 0.3 is 5.97 Å². The molecular formula is C15H13NO5S. The number of nitrogens with zero attached hydrogens (tertiary/aromatic N) is 1. The molecule has 1 heterocycles. The number of anilines is 1. The Balaban J connectivity index is 2.14. The van der Waals surface area contributed by atoms with E-state index in [0.29, 0.717) is 11.3 Å². The molecule has 114 valence electrons. The van der Waals surface area contributed by atoms with Gasteiger partial charge in [0.05, 0.1) is 10.6 Å². The van der Waals surface area contributed by atoms with Gasteiger partial charge < -0.3 is 10.2 Å². The van der Waals surface area contributed by atoms with Gasteiger partial charge in [0.1, 0.15) is 11.8 Å². The molecule has 0 aliphatic carbocycles. The third kappa shape index (κ3) is 2.19. The Morgan fingerprint density at radius 3 is 2.36 bits per heavy atom. The van der Waals surface area contributed by atoms with Crippen LogP contribution in [0.2, 0.25) is 0 Å². The predicted molar refractivity (Wildman–Crippen MR) is 79.3 cm³/mol. The largest absolute Gasteiger partial charge is 0.508 e. The Labute approximate surface area is 127 Å². The first-order valence-electron chi connectivity index (χ1n) is 6.55. The SMILES string of the molecule is O=C(O)[C@H]1Cc2ccccc2N1S(=O)(=O)c1ccc(O)cc1. The van der Waals surface area contributed by atoms with Crippen molar-refractivity contribution in [2.45, 2.75) is 17.4 Å². The number of phenolic OH excluding ortho intramolecular Hbond substituents is 1. The molecule has 2 aromatic carbocycles. The van der Waals surface area contributed by atoms with Crippen LogP contribution in [0.3, 0.4) is 0 Å². The van der Waals surface area contributed by atoms with E-state index in [4.69, 9.17) is 0 Å². The van der Waals surface area contributed by atoms with Gasteiger partial charge in [0.25, 0.3) is 10.0 Å². The number of aliphatic carboxylic acids is 1. The number of para-hydroxylation sites is 1. The van der Waals surface area contributed by atoms with Crippen molar-refractivity contribution in [3.63, 3.8) is 0 Å². The maximum absolute atomic E-state index is 12.8. The molecule has 0 fully saturated rings. The summed E-state index contributed by atoms with van der Waals surface area (Å²) >= 11 is 0. The van der Waals surface area contributed by atoms with Crippen LogP contribution in [-0.4, -0.2) is 30.6 Å². The van der Waals surface area contributed by atoms with E-state index < -0.39 is 22.0 Å². The highest BCUT2D eigenvalue weighted by molar-refractivity contribution is 7.93. The van der Waals surface area contributed by atoms with Crippen molar-refractivity contribution < 1.29 is 23.4 Å². The number of hydrogen-bond donors (Lipinski definition) is 2. The van der Waals surface area contributed by atoms with Crippen LogP contribution in [0.15, 0.2) is 53.4 Å². The molecular weight excluding hydrogens is 306 g/mol. The molecule has 6 nitrogen and oxygen atoms in total. The summed E-state index contributed by atoms with van der Waals surface area (Å²) in [6.45, 7) is 0. The van der Waals surface area contributed by atoms with E-state index >= 15 is 0 Å². The summed E-state index contributed by atoms with van der Waals surface area (Å²) < 4.78 is 26.6. The Morgan fingerprint density at radius 2 is 1.73 bits per heavy atom. The maximum Gasteiger partial charge on any atom is 0.327 e. The second kappa shape index (κ2) is 5.03. The minimum atomic E-state index is -4.02. The molecule has 0 amide bonds. The fourth-order valence-electron chi connectivity index (χ4n) is 2.57. The number of rotatable bonds is 3. The number of carboxylic acid groups (broad SMARTS) is 1. The minimum Gasteiger partial charge on any atom is -0.508 e. The molecule has 0 radical (unpaired) electrons. The van der Waals surface area contributed by atoms with Gasteiger partial charge in [0.15, 0.2) is 0 Å². The third-order valence-corrected chi connectivity index (χ3v) is 5.44. The molecule has 7 heteroatoms. The van der Waals surface area contributed by atoms with Crippen LogP contribution in [0.4, 0.5) is 5.69 Å². The van der Waals surface area contributed by atoms with Gasteiger partial charge in [-0.2, -0.15) is 0 Å². The first-order valence-corrected chi connectivity index (χ1v) is 7.99. The van der Waals surface area contributed by atoms with Crippen molar-refractivity contribution >= 4 is 21.7 Å². The average Bonchev–Trinajstić information content (AvgIpc) is 2.88.